The molecule has 0 spiro atoms. The van der Waals surface area contributed by atoms with Gasteiger partial charge < -0.3 is 24.2 Å². The predicted molar refractivity (Wildman–Crippen MR) is 104 cm³/mol. The molecular formula is C21H22N2O6. The number of furan rings is 1. The summed E-state index contributed by atoms with van der Waals surface area (Å²) in [6.07, 6.45) is 2.02. The van der Waals surface area contributed by atoms with Gasteiger partial charge in [0.2, 0.25) is 0 Å². The van der Waals surface area contributed by atoms with Gasteiger partial charge in [-0.2, -0.15) is 0 Å². The fraction of sp³-hybridized carbons (Fsp3) is 0.286. The van der Waals surface area contributed by atoms with Gasteiger partial charge in [-0.25, -0.2) is 9.59 Å². The number of aryl methyl sites for hydroxylation is 2. The van der Waals surface area contributed by atoms with E-state index in [0.717, 1.165) is 16.5 Å². The standard InChI is InChI=1S/C21H22N2O6/c1-12-8-16(13(2)29-12)20(25)28-11-19(24)23-18(21(26)27-3)9-14-10-22-17-7-5-4-6-15(14)17/h4-8,10,18,22H,9,11H2,1-3H3,(H,23,24)/t18-/m0/s1. The largest absolute Gasteiger partial charge is 0.467 e. The van der Waals surface area contributed by atoms with Crippen molar-refractivity contribution >= 4 is 28.7 Å². The molecule has 29 heavy (non-hydrogen) atoms. The molecular weight excluding hydrogens is 376 g/mol. The molecule has 0 aliphatic carbocycles. The second-order valence-electron chi connectivity index (χ2n) is 6.61. The molecule has 3 aromatic rings. The molecule has 1 amide bonds. The molecule has 8 heteroatoms. The highest BCUT2D eigenvalue weighted by Gasteiger charge is 2.24. The number of H-pyrrole nitrogens is 1. The smallest absolute Gasteiger partial charge is 0.342 e. The third kappa shape index (κ3) is 4.66. The zero-order chi connectivity index (χ0) is 21.0. The van der Waals surface area contributed by atoms with Crippen LogP contribution < -0.4 is 5.32 Å². The van der Waals surface area contributed by atoms with E-state index in [0.29, 0.717) is 11.5 Å². The summed E-state index contributed by atoms with van der Waals surface area (Å²) in [5.74, 6) is -0.869. The Balaban J connectivity index is 1.64. The van der Waals surface area contributed by atoms with E-state index in [1.165, 1.54) is 7.11 Å². The number of esters is 2. The number of aromatic nitrogens is 1. The van der Waals surface area contributed by atoms with Crippen molar-refractivity contribution in [2.75, 3.05) is 13.7 Å². The summed E-state index contributed by atoms with van der Waals surface area (Å²) >= 11 is 0. The summed E-state index contributed by atoms with van der Waals surface area (Å²) < 4.78 is 15.1. The second kappa shape index (κ2) is 8.64. The van der Waals surface area contributed by atoms with Gasteiger partial charge in [0.05, 0.1) is 7.11 Å². The average Bonchev–Trinajstić information content (AvgIpc) is 3.27. The Bertz CT molecular complexity index is 1050. The van der Waals surface area contributed by atoms with Gasteiger partial charge in [0.15, 0.2) is 6.61 Å². The zero-order valence-electron chi connectivity index (χ0n) is 16.4. The highest BCUT2D eigenvalue weighted by Crippen LogP contribution is 2.19. The molecule has 0 saturated carbocycles. The summed E-state index contributed by atoms with van der Waals surface area (Å²) in [5, 5.41) is 3.52. The van der Waals surface area contributed by atoms with Crippen LogP contribution in [0.25, 0.3) is 10.9 Å². The van der Waals surface area contributed by atoms with Gasteiger partial charge in [0.25, 0.3) is 5.91 Å². The van der Waals surface area contributed by atoms with Crippen LogP contribution in [0, 0.1) is 13.8 Å². The van der Waals surface area contributed by atoms with Crippen molar-refractivity contribution in [2.24, 2.45) is 0 Å². The van der Waals surface area contributed by atoms with Crippen LogP contribution in [0.3, 0.4) is 0 Å². The number of methoxy groups -OCH3 is 1. The Labute approximate surface area is 167 Å². The van der Waals surface area contributed by atoms with Gasteiger partial charge in [-0.3, -0.25) is 4.79 Å². The molecule has 0 fully saturated rings. The number of carbonyl (C=O) groups excluding carboxylic acids is 3. The number of carbonyl (C=O) groups is 3. The molecule has 2 N–H and O–H groups in total. The number of benzene rings is 1. The summed E-state index contributed by atoms with van der Waals surface area (Å²) in [5.41, 5.74) is 2.05. The first-order valence-electron chi connectivity index (χ1n) is 9.05. The first-order valence-corrected chi connectivity index (χ1v) is 9.05. The Kier molecular flexibility index (Phi) is 6.01. The van der Waals surface area contributed by atoms with Crippen LogP contribution in [0.5, 0.6) is 0 Å². The van der Waals surface area contributed by atoms with Crippen molar-refractivity contribution in [3.8, 4) is 0 Å². The fourth-order valence-electron chi connectivity index (χ4n) is 3.13. The number of fused-ring (bicyclic) bond motifs is 1. The van der Waals surface area contributed by atoms with Gasteiger partial charge in [-0.1, -0.05) is 18.2 Å². The molecule has 3 rings (SSSR count). The Morgan fingerprint density at radius 1 is 1.21 bits per heavy atom. The van der Waals surface area contributed by atoms with Crippen molar-refractivity contribution in [2.45, 2.75) is 26.3 Å². The van der Waals surface area contributed by atoms with Crippen LogP contribution in [0.1, 0.15) is 27.4 Å². The third-order valence-corrected chi connectivity index (χ3v) is 4.52. The number of ether oxygens (including phenoxy) is 2. The van der Waals surface area contributed by atoms with Crippen LogP contribution in [-0.4, -0.2) is 42.6 Å². The molecule has 0 bridgehead atoms. The van der Waals surface area contributed by atoms with Crippen LogP contribution in [0.2, 0.25) is 0 Å². The van der Waals surface area contributed by atoms with Crippen molar-refractivity contribution in [3.05, 3.63) is 59.2 Å². The van der Waals surface area contributed by atoms with Crippen molar-refractivity contribution in [1.82, 2.24) is 10.3 Å². The van der Waals surface area contributed by atoms with E-state index in [1.807, 2.05) is 24.3 Å². The Morgan fingerprint density at radius 2 is 1.97 bits per heavy atom. The van der Waals surface area contributed by atoms with Crippen molar-refractivity contribution in [3.63, 3.8) is 0 Å². The van der Waals surface area contributed by atoms with E-state index in [2.05, 4.69) is 10.3 Å². The van der Waals surface area contributed by atoms with Crippen LogP contribution in [0.15, 0.2) is 40.9 Å². The van der Waals surface area contributed by atoms with E-state index >= 15 is 0 Å². The highest BCUT2D eigenvalue weighted by atomic mass is 16.5. The van der Waals surface area contributed by atoms with Gasteiger partial charge in [0, 0.05) is 23.5 Å². The normalized spacial score (nSPS) is 11.8. The molecule has 0 radical (unpaired) electrons. The quantitative estimate of drug-likeness (QED) is 0.592. The lowest BCUT2D eigenvalue weighted by atomic mass is 10.0. The maximum absolute atomic E-state index is 12.3. The third-order valence-electron chi connectivity index (χ3n) is 4.52. The summed E-state index contributed by atoms with van der Waals surface area (Å²) in [4.78, 5) is 39.6. The minimum Gasteiger partial charge on any atom is -0.467 e. The molecule has 0 unspecified atom stereocenters. The number of rotatable bonds is 7. The first-order chi connectivity index (χ1) is 13.9. The number of amides is 1. The minimum absolute atomic E-state index is 0.233. The van der Waals surface area contributed by atoms with Crippen LogP contribution >= 0.6 is 0 Å². The maximum Gasteiger partial charge on any atom is 0.342 e. The molecule has 0 aliphatic rings. The Hall–Kier alpha value is -3.55. The lowest BCUT2D eigenvalue weighted by Crippen LogP contribution is -2.44. The summed E-state index contributed by atoms with van der Waals surface area (Å²) in [6.45, 7) is 2.82. The molecule has 8 nitrogen and oxygen atoms in total. The predicted octanol–water partition coefficient (Wildman–Crippen LogP) is 2.44. The van der Waals surface area contributed by atoms with E-state index in [1.54, 1.807) is 26.1 Å². The fourth-order valence-corrected chi connectivity index (χ4v) is 3.13. The number of nitrogens with one attached hydrogen (secondary N) is 2. The molecule has 0 saturated heterocycles. The molecule has 2 heterocycles. The monoisotopic (exact) mass is 398 g/mol. The number of hydrogen-bond acceptors (Lipinski definition) is 6. The van der Waals surface area contributed by atoms with Crippen molar-refractivity contribution < 1.29 is 28.3 Å². The summed E-state index contributed by atoms with van der Waals surface area (Å²) in [7, 11) is 1.25. The van der Waals surface area contributed by atoms with Gasteiger partial charge >= 0.3 is 11.9 Å². The zero-order valence-corrected chi connectivity index (χ0v) is 16.4. The van der Waals surface area contributed by atoms with Gasteiger partial charge in [-0.15, -0.1) is 0 Å². The van der Waals surface area contributed by atoms with E-state index < -0.39 is 30.5 Å². The van der Waals surface area contributed by atoms with Gasteiger partial charge in [0.1, 0.15) is 23.1 Å². The van der Waals surface area contributed by atoms with Crippen LogP contribution in [0.4, 0.5) is 0 Å². The topological polar surface area (TPSA) is 111 Å². The number of hydrogen-bond donors (Lipinski definition) is 2. The molecule has 1 atom stereocenters. The molecule has 152 valence electrons. The van der Waals surface area contributed by atoms with Gasteiger partial charge in [-0.05, 0) is 31.5 Å². The summed E-state index contributed by atoms with van der Waals surface area (Å²) in [6, 6.07) is 8.27. The van der Waals surface area contributed by atoms with Crippen molar-refractivity contribution in [1.29, 1.82) is 0 Å². The number of para-hydroxylation sites is 1. The Morgan fingerprint density at radius 3 is 2.66 bits per heavy atom. The van der Waals surface area contributed by atoms with E-state index in [4.69, 9.17) is 13.9 Å². The average molecular weight is 398 g/mol. The molecule has 0 aliphatic heterocycles. The minimum atomic E-state index is -0.914. The van der Waals surface area contributed by atoms with E-state index in [-0.39, 0.29) is 12.0 Å². The van der Waals surface area contributed by atoms with Crippen LogP contribution in [-0.2, 0) is 25.5 Å². The second-order valence-corrected chi connectivity index (χ2v) is 6.61. The lowest BCUT2D eigenvalue weighted by molar-refractivity contribution is -0.145. The van der Waals surface area contributed by atoms with E-state index in [9.17, 15) is 14.4 Å². The number of aromatic amines is 1. The molecule has 1 aromatic carbocycles. The highest BCUT2D eigenvalue weighted by molar-refractivity contribution is 5.93. The maximum atomic E-state index is 12.3. The lowest BCUT2D eigenvalue weighted by Gasteiger charge is -2.16. The SMILES string of the molecule is COC(=O)[C@H](Cc1c[nH]c2ccccc12)NC(=O)COC(=O)c1cc(C)oc1C. The molecule has 2 aromatic heterocycles. The first kappa shape index (κ1) is 20.2.